The van der Waals surface area contributed by atoms with Crippen molar-refractivity contribution in [3.05, 3.63) is 82.4 Å². The second-order valence-electron chi connectivity index (χ2n) is 5.57. The van der Waals surface area contributed by atoms with Crippen molar-refractivity contribution >= 4 is 0 Å². The minimum atomic E-state index is -0.237. The van der Waals surface area contributed by atoms with E-state index >= 15 is 0 Å². The maximum Gasteiger partial charge on any atom is 0.123 e. The van der Waals surface area contributed by atoms with Gasteiger partial charge in [0.15, 0.2) is 0 Å². The van der Waals surface area contributed by atoms with Crippen molar-refractivity contribution in [1.29, 1.82) is 0 Å². The van der Waals surface area contributed by atoms with E-state index in [9.17, 15) is 4.39 Å². The Labute approximate surface area is 134 Å². The number of aryl methyl sites for hydroxylation is 1. The molecule has 0 unspecified atom stereocenters. The maximum atomic E-state index is 13.1. The summed E-state index contributed by atoms with van der Waals surface area (Å²) >= 11 is 0. The molecule has 3 rings (SSSR count). The zero-order valence-corrected chi connectivity index (χ0v) is 13.0. The van der Waals surface area contributed by atoms with Gasteiger partial charge in [-0.3, -0.25) is 0 Å². The van der Waals surface area contributed by atoms with E-state index in [2.05, 4.69) is 29.4 Å². The first-order valence-electron chi connectivity index (χ1n) is 7.57. The molecule has 0 saturated carbocycles. The van der Waals surface area contributed by atoms with Crippen molar-refractivity contribution in [1.82, 2.24) is 15.0 Å². The van der Waals surface area contributed by atoms with Crippen LogP contribution in [0.1, 0.15) is 28.1 Å². The number of aromatic nitrogens is 3. The van der Waals surface area contributed by atoms with E-state index in [4.69, 9.17) is 5.73 Å². The first-order chi connectivity index (χ1) is 11.2. The maximum absolute atomic E-state index is 13.1. The first kappa shape index (κ1) is 15.4. The van der Waals surface area contributed by atoms with Crippen LogP contribution in [0.2, 0.25) is 0 Å². The van der Waals surface area contributed by atoms with Crippen LogP contribution in [0.25, 0.3) is 0 Å². The Kier molecular flexibility index (Phi) is 4.48. The largest absolute Gasteiger partial charge is 0.325 e. The molecule has 23 heavy (non-hydrogen) atoms. The van der Waals surface area contributed by atoms with Gasteiger partial charge in [0.05, 0.1) is 17.9 Å². The van der Waals surface area contributed by atoms with Crippen LogP contribution in [0.3, 0.4) is 0 Å². The van der Waals surface area contributed by atoms with Gasteiger partial charge in [0.25, 0.3) is 0 Å². The SMILES string of the molecule is Cc1ccccc1Cn1nnc(CN)c1Cc1ccc(F)cc1. The predicted octanol–water partition coefficient (Wildman–Crippen LogP) is 2.82. The van der Waals surface area contributed by atoms with Crippen molar-refractivity contribution in [2.24, 2.45) is 5.73 Å². The lowest BCUT2D eigenvalue weighted by atomic mass is 10.1. The number of nitrogens with two attached hydrogens (primary N) is 1. The van der Waals surface area contributed by atoms with Crippen LogP contribution in [0, 0.1) is 12.7 Å². The molecule has 0 radical (unpaired) electrons. The summed E-state index contributed by atoms with van der Waals surface area (Å²) in [5, 5.41) is 8.44. The number of rotatable bonds is 5. The van der Waals surface area contributed by atoms with Gasteiger partial charge in [0, 0.05) is 13.0 Å². The van der Waals surface area contributed by atoms with E-state index in [-0.39, 0.29) is 5.82 Å². The summed E-state index contributed by atoms with van der Waals surface area (Å²) in [5.41, 5.74) is 11.0. The number of halogens is 1. The number of benzene rings is 2. The van der Waals surface area contributed by atoms with Gasteiger partial charge in [-0.15, -0.1) is 5.10 Å². The molecule has 0 aliphatic heterocycles. The van der Waals surface area contributed by atoms with Crippen LogP contribution in [-0.2, 0) is 19.5 Å². The molecule has 0 saturated heterocycles. The van der Waals surface area contributed by atoms with E-state index < -0.39 is 0 Å². The molecular weight excluding hydrogens is 291 g/mol. The lowest BCUT2D eigenvalue weighted by Gasteiger charge is -2.10. The molecule has 0 spiro atoms. The zero-order chi connectivity index (χ0) is 16.2. The third-order valence-corrected chi connectivity index (χ3v) is 3.98. The second-order valence-corrected chi connectivity index (χ2v) is 5.57. The molecule has 0 bridgehead atoms. The van der Waals surface area contributed by atoms with Gasteiger partial charge in [-0.2, -0.15) is 0 Å². The van der Waals surface area contributed by atoms with E-state index in [0.29, 0.717) is 19.5 Å². The molecule has 0 aliphatic rings. The van der Waals surface area contributed by atoms with Gasteiger partial charge >= 0.3 is 0 Å². The second kappa shape index (κ2) is 6.71. The van der Waals surface area contributed by atoms with Crippen molar-refractivity contribution < 1.29 is 4.39 Å². The van der Waals surface area contributed by atoms with Gasteiger partial charge in [0.1, 0.15) is 5.82 Å². The summed E-state index contributed by atoms with van der Waals surface area (Å²) in [7, 11) is 0. The van der Waals surface area contributed by atoms with Crippen molar-refractivity contribution in [3.63, 3.8) is 0 Å². The Hall–Kier alpha value is -2.53. The monoisotopic (exact) mass is 310 g/mol. The highest BCUT2D eigenvalue weighted by Crippen LogP contribution is 2.16. The van der Waals surface area contributed by atoms with Crippen molar-refractivity contribution in [2.75, 3.05) is 0 Å². The molecule has 0 fully saturated rings. The summed E-state index contributed by atoms with van der Waals surface area (Å²) in [6.45, 7) is 3.07. The Balaban J connectivity index is 1.91. The lowest BCUT2D eigenvalue weighted by Crippen LogP contribution is -2.10. The molecular formula is C18H19FN4. The molecule has 2 N–H and O–H groups in total. The topological polar surface area (TPSA) is 56.7 Å². The van der Waals surface area contributed by atoms with E-state index in [0.717, 1.165) is 17.0 Å². The van der Waals surface area contributed by atoms with Crippen LogP contribution in [0.5, 0.6) is 0 Å². The molecule has 2 aromatic carbocycles. The van der Waals surface area contributed by atoms with Gasteiger partial charge in [0.2, 0.25) is 0 Å². The predicted molar refractivity (Wildman–Crippen MR) is 87.4 cm³/mol. The fourth-order valence-corrected chi connectivity index (χ4v) is 2.59. The summed E-state index contributed by atoms with van der Waals surface area (Å²) in [6, 6.07) is 14.7. The average molecular weight is 310 g/mol. The van der Waals surface area contributed by atoms with E-state index in [1.165, 1.54) is 23.3 Å². The molecule has 5 heteroatoms. The summed E-state index contributed by atoms with van der Waals surface area (Å²) in [4.78, 5) is 0. The van der Waals surface area contributed by atoms with E-state index in [1.54, 1.807) is 12.1 Å². The van der Waals surface area contributed by atoms with Gasteiger partial charge in [-0.05, 0) is 35.7 Å². The fraction of sp³-hybridized carbons (Fsp3) is 0.222. The third-order valence-electron chi connectivity index (χ3n) is 3.98. The average Bonchev–Trinajstić information content (AvgIpc) is 2.93. The van der Waals surface area contributed by atoms with Crippen LogP contribution < -0.4 is 5.73 Å². The number of nitrogens with zero attached hydrogens (tertiary/aromatic N) is 3. The molecule has 0 atom stereocenters. The number of hydrogen-bond acceptors (Lipinski definition) is 3. The minimum Gasteiger partial charge on any atom is -0.325 e. The highest BCUT2D eigenvalue weighted by Gasteiger charge is 2.13. The Morgan fingerprint density at radius 1 is 1.09 bits per heavy atom. The highest BCUT2D eigenvalue weighted by molar-refractivity contribution is 5.28. The third kappa shape index (κ3) is 3.46. The fourth-order valence-electron chi connectivity index (χ4n) is 2.59. The van der Waals surface area contributed by atoms with Crippen LogP contribution in [0.4, 0.5) is 4.39 Å². The van der Waals surface area contributed by atoms with Crippen LogP contribution in [-0.4, -0.2) is 15.0 Å². The molecule has 1 aromatic heterocycles. The number of hydrogen-bond donors (Lipinski definition) is 1. The first-order valence-corrected chi connectivity index (χ1v) is 7.57. The molecule has 0 aliphatic carbocycles. The molecule has 3 aromatic rings. The molecule has 4 nitrogen and oxygen atoms in total. The Bertz CT molecular complexity index is 793. The standard InChI is InChI=1S/C18H19FN4/c1-13-4-2-3-5-15(13)12-23-18(17(11-20)21-22-23)10-14-6-8-16(19)9-7-14/h2-9H,10-12,20H2,1H3. The van der Waals surface area contributed by atoms with Crippen LogP contribution in [0.15, 0.2) is 48.5 Å². The lowest BCUT2D eigenvalue weighted by molar-refractivity contribution is 0.620. The molecule has 1 heterocycles. The normalized spacial score (nSPS) is 10.9. The van der Waals surface area contributed by atoms with Gasteiger partial charge < -0.3 is 5.73 Å². The van der Waals surface area contributed by atoms with Gasteiger partial charge in [-0.1, -0.05) is 41.6 Å². The quantitative estimate of drug-likeness (QED) is 0.788. The Morgan fingerprint density at radius 2 is 1.83 bits per heavy atom. The summed E-state index contributed by atoms with van der Waals surface area (Å²) in [5.74, 6) is -0.237. The smallest absolute Gasteiger partial charge is 0.123 e. The molecule has 0 amide bonds. The van der Waals surface area contributed by atoms with Gasteiger partial charge in [-0.25, -0.2) is 9.07 Å². The summed E-state index contributed by atoms with van der Waals surface area (Å²) in [6.07, 6.45) is 0.631. The van der Waals surface area contributed by atoms with E-state index in [1.807, 2.05) is 16.8 Å². The minimum absolute atomic E-state index is 0.237. The Morgan fingerprint density at radius 3 is 2.52 bits per heavy atom. The van der Waals surface area contributed by atoms with Crippen LogP contribution >= 0.6 is 0 Å². The van der Waals surface area contributed by atoms with Crippen molar-refractivity contribution in [2.45, 2.75) is 26.4 Å². The highest BCUT2D eigenvalue weighted by atomic mass is 19.1. The molecule has 118 valence electrons. The zero-order valence-electron chi connectivity index (χ0n) is 13.0. The summed E-state index contributed by atoms with van der Waals surface area (Å²) < 4.78 is 15.0. The van der Waals surface area contributed by atoms with Crippen molar-refractivity contribution in [3.8, 4) is 0 Å².